The van der Waals surface area contributed by atoms with Gasteiger partial charge in [0.05, 0.1) is 24.5 Å². The van der Waals surface area contributed by atoms with Crippen molar-refractivity contribution in [3.05, 3.63) is 29.3 Å². The van der Waals surface area contributed by atoms with E-state index in [0.29, 0.717) is 17.9 Å². The summed E-state index contributed by atoms with van der Waals surface area (Å²) in [6, 6.07) is 4.89. The third-order valence-corrected chi connectivity index (χ3v) is 3.95. The van der Waals surface area contributed by atoms with Crippen LogP contribution in [0.3, 0.4) is 0 Å². The average Bonchev–Trinajstić information content (AvgIpc) is 2.61. The number of piperidine rings is 1. The van der Waals surface area contributed by atoms with Crippen molar-refractivity contribution in [2.45, 2.75) is 18.9 Å². The highest BCUT2D eigenvalue weighted by atomic mass is 16.6. The molecule has 0 aromatic heterocycles. The number of carbonyl (C=O) groups is 1. The molecule has 1 aliphatic heterocycles. The molecule has 25 heavy (non-hydrogen) atoms. The summed E-state index contributed by atoms with van der Waals surface area (Å²) in [5.41, 5.74) is 6.23. The highest BCUT2D eigenvalue weighted by Gasteiger charge is 2.16. The van der Waals surface area contributed by atoms with Crippen LogP contribution in [-0.4, -0.2) is 72.8 Å². The minimum absolute atomic E-state index is 0.0877. The number of ether oxygens (including phenoxy) is 1. The Bertz CT molecular complexity index is 586. The van der Waals surface area contributed by atoms with Crippen molar-refractivity contribution in [1.29, 1.82) is 0 Å². The van der Waals surface area contributed by atoms with Crippen LogP contribution in [-0.2, 0) is 4.84 Å². The molecule has 0 bridgehead atoms. The number of benzene rings is 1. The molecular formula is C17H25N3O5. The normalized spacial score (nSPS) is 16.2. The van der Waals surface area contributed by atoms with E-state index in [2.05, 4.69) is 10.1 Å². The molecule has 8 nitrogen and oxygen atoms in total. The number of amides is 1. The average molecular weight is 351 g/mol. The Balaban J connectivity index is 1.81. The van der Waals surface area contributed by atoms with Gasteiger partial charge in [-0.25, -0.2) is 0 Å². The van der Waals surface area contributed by atoms with Gasteiger partial charge < -0.3 is 25.5 Å². The van der Waals surface area contributed by atoms with Crippen LogP contribution < -0.4 is 10.5 Å². The van der Waals surface area contributed by atoms with Crippen LogP contribution in [0, 0.1) is 0 Å². The molecule has 4 N–H and O–H groups in total. The Kier molecular flexibility index (Phi) is 7.65. The monoisotopic (exact) mass is 351 g/mol. The zero-order chi connectivity index (χ0) is 18.1. The van der Waals surface area contributed by atoms with Crippen molar-refractivity contribution in [2.75, 3.05) is 39.5 Å². The summed E-state index contributed by atoms with van der Waals surface area (Å²) in [5.74, 6) is -0.289. The van der Waals surface area contributed by atoms with Gasteiger partial charge in [-0.15, -0.1) is 0 Å². The molecule has 0 spiro atoms. The molecule has 0 saturated carbocycles. The van der Waals surface area contributed by atoms with E-state index in [0.717, 1.165) is 32.5 Å². The maximum atomic E-state index is 11.5. The smallest absolute Gasteiger partial charge is 0.252 e. The van der Waals surface area contributed by atoms with E-state index < -0.39 is 5.91 Å². The first-order chi connectivity index (χ1) is 12.1. The van der Waals surface area contributed by atoms with Gasteiger partial charge in [-0.3, -0.25) is 9.69 Å². The standard InChI is InChI=1S/C17H25N3O5/c18-17(23)15-11-13(1-2-16(15)24-10-8-21)12-19-25-9-7-20-5-3-14(22)4-6-20/h1-2,11-12,14,21-22H,3-10H2,(H2,18,23). The second kappa shape index (κ2) is 9.97. The van der Waals surface area contributed by atoms with Gasteiger partial charge in [0.1, 0.15) is 19.0 Å². The maximum Gasteiger partial charge on any atom is 0.252 e. The fraction of sp³-hybridized carbons (Fsp3) is 0.529. The van der Waals surface area contributed by atoms with Crippen molar-refractivity contribution in [2.24, 2.45) is 10.9 Å². The summed E-state index contributed by atoms with van der Waals surface area (Å²) >= 11 is 0. The van der Waals surface area contributed by atoms with Gasteiger partial charge >= 0.3 is 0 Å². The van der Waals surface area contributed by atoms with Crippen LogP contribution in [0.4, 0.5) is 0 Å². The van der Waals surface area contributed by atoms with Crippen LogP contribution in [0.1, 0.15) is 28.8 Å². The molecule has 1 aromatic rings. The Morgan fingerprint density at radius 3 is 2.80 bits per heavy atom. The lowest BCUT2D eigenvalue weighted by Crippen LogP contribution is -2.37. The molecule has 1 saturated heterocycles. The van der Waals surface area contributed by atoms with E-state index in [1.54, 1.807) is 18.2 Å². The molecule has 1 fully saturated rings. The highest BCUT2D eigenvalue weighted by molar-refractivity contribution is 5.97. The third kappa shape index (κ3) is 6.33. The number of oxime groups is 1. The van der Waals surface area contributed by atoms with E-state index >= 15 is 0 Å². The lowest BCUT2D eigenvalue weighted by atomic mass is 10.1. The van der Waals surface area contributed by atoms with Crippen LogP contribution in [0.2, 0.25) is 0 Å². The number of likely N-dealkylation sites (tertiary alicyclic amines) is 1. The van der Waals surface area contributed by atoms with E-state index in [-0.39, 0.29) is 24.9 Å². The van der Waals surface area contributed by atoms with Crippen LogP contribution >= 0.6 is 0 Å². The van der Waals surface area contributed by atoms with Crippen LogP contribution in [0.15, 0.2) is 23.4 Å². The Morgan fingerprint density at radius 2 is 2.12 bits per heavy atom. The van der Waals surface area contributed by atoms with Gasteiger partial charge in [0.25, 0.3) is 5.91 Å². The Labute approximate surface area is 146 Å². The minimum atomic E-state index is -0.614. The van der Waals surface area contributed by atoms with Gasteiger partial charge in [-0.05, 0) is 36.6 Å². The number of aliphatic hydroxyl groups is 2. The van der Waals surface area contributed by atoms with Gasteiger partial charge in [0, 0.05) is 19.6 Å². The predicted octanol–water partition coefficient (Wildman–Crippen LogP) is -0.0362. The van der Waals surface area contributed by atoms with Gasteiger partial charge in [0.2, 0.25) is 0 Å². The number of hydrogen-bond acceptors (Lipinski definition) is 7. The molecule has 0 aliphatic carbocycles. The number of hydrogen-bond donors (Lipinski definition) is 3. The maximum absolute atomic E-state index is 11.5. The Morgan fingerprint density at radius 1 is 1.36 bits per heavy atom. The second-order valence-corrected chi connectivity index (χ2v) is 5.83. The summed E-state index contributed by atoms with van der Waals surface area (Å²) in [7, 11) is 0. The first-order valence-corrected chi connectivity index (χ1v) is 8.33. The van der Waals surface area contributed by atoms with Gasteiger partial charge in [-0.2, -0.15) is 0 Å². The van der Waals surface area contributed by atoms with Crippen molar-refractivity contribution in [3.8, 4) is 5.75 Å². The van der Waals surface area contributed by atoms with Crippen molar-refractivity contribution in [1.82, 2.24) is 4.90 Å². The molecule has 2 rings (SSSR count). The summed E-state index contributed by atoms with van der Waals surface area (Å²) in [6.07, 6.45) is 2.91. The molecule has 1 amide bonds. The van der Waals surface area contributed by atoms with E-state index in [9.17, 15) is 9.90 Å². The first kappa shape index (κ1) is 19.2. The molecule has 1 heterocycles. The zero-order valence-electron chi connectivity index (χ0n) is 14.1. The predicted molar refractivity (Wildman–Crippen MR) is 92.8 cm³/mol. The number of carbonyl (C=O) groups excluding carboxylic acids is 1. The van der Waals surface area contributed by atoms with Crippen LogP contribution in [0.25, 0.3) is 0 Å². The van der Waals surface area contributed by atoms with Crippen molar-refractivity contribution < 1.29 is 24.6 Å². The van der Waals surface area contributed by atoms with Crippen molar-refractivity contribution in [3.63, 3.8) is 0 Å². The molecule has 1 aliphatic rings. The summed E-state index contributed by atoms with van der Waals surface area (Å²) in [4.78, 5) is 19.0. The number of primary amides is 1. The quantitative estimate of drug-likeness (QED) is 0.327. The van der Waals surface area contributed by atoms with E-state index in [1.807, 2.05) is 0 Å². The number of nitrogens with two attached hydrogens (primary N) is 1. The summed E-state index contributed by atoms with van der Waals surface area (Å²) in [6.45, 7) is 2.88. The van der Waals surface area contributed by atoms with E-state index in [4.69, 9.17) is 20.4 Å². The van der Waals surface area contributed by atoms with Gasteiger partial charge in [-0.1, -0.05) is 5.16 Å². The summed E-state index contributed by atoms with van der Waals surface area (Å²) < 4.78 is 5.27. The highest BCUT2D eigenvalue weighted by Crippen LogP contribution is 2.19. The number of nitrogens with zero attached hydrogens (tertiary/aromatic N) is 2. The lowest BCUT2D eigenvalue weighted by Gasteiger charge is -2.28. The molecule has 138 valence electrons. The zero-order valence-corrected chi connectivity index (χ0v) is 14.1. The van der Waals surface area contributed by atoms with Crippen molar-refractivity contribution >= 4 is 12.1 Å². The molecule has 8 heteroatoms. The molecule has 1 aromatic carbocycles. The number of aliphatic hydroxyl groups excluding tert-OH is 2. The fourth-order valence-corrected chi connectivity index (χ4v) is 2.57. The third-order valence-electron chi connectivity index (χ3n) is 3.95. The van der Waals surface area contributed by atoms with Gasteiger partial charge in [0.15, 0.2) is 0 Å². The molecular weight excluding hydrogens is 326 g/mol. The second-order valence-electron chi connectivity index (χ2n) is 5.83. The first-order valence-electron chi connectivity index (χ1n) is 8.33. The Hall–Kier alpha value is -2.16. The summed E-state index contributed by atoms with van der Waals surface area (Å²) in [5, 5.41) is 22.1. The SMILES string of the molecule is NC(=O)c1cc(C=NOCCN2CCC(O)CC2)ccc1OCCO. The topological polar surface area (TPSA) is 118 Å². The lowest BCUT2D eigenvalue weighted by molar-refractivity contribution is 0.0579. The minimum Gasteiger partial charge on any atom is -0.490 e. The molecule has 0 atom stereocenters. The fourth-order valence-electron chi connectivity index (χ4n) is 2.57. The van der Waals surface area contributed by atoms with E-state index in [1.165, 1.54) is 6.21 Å². The molecule has 0 radical (unpaired) electrons. The molecule has 0 unspecified atom stereocenters. The largest absolute Gasteiger partial charge is 0.490 e. The van der Waals surface area contributed by atoms with Crippen LogP contribution in [0.5, 0.6) is 5.75 Å². The number of rotatable bonds is 9.